The molecule has 0 aromatic heterocycles. The molecular weight excluding hydrogens is 380 g/mol. The number of anilines is 1. The molecule has 2 atom stereocenters. The number of benzene rings is 1. The van der Waals surface area contributed by atoms with E-state index in [0.717, 1.165) is 38.5 Å². The van der Waals surface area contributed by atoms with Gasteiger partial charge in [-0.25, -0.2) is 0 Å². The van der Waals surface area contributed by atoms with Crippen molar-refractivity contribution in [1.82, 2.24) is 10.3 Å². The second-order valence-corrected chi connectivity index (χ2v) is 8.65. The predicted molar refractivity (Wildman–Crippen MR) is 112 cm³/mol. The number of hydrogen-bond acceptors (Lipinski definition) is 6. The number of rotatable bonds is 6. The Balaban J connectivity index is 1.46. The molecule has 2 N–H and O–H groups in total. The van der Waals surface area contributed by atoms with Gasteiger partial charge in [-0.15, -0.1) is 0 Å². The van der Waals surface area contributed by atoms with Gasteiger partial charge in [0, 0.05) is 18.2 Å². The Labute approximate surface area is 176 Å². The van der Waals surface area contributed by atoms with Crippen LogP contribution < -0.4 is 10.6 Å². The van der Waals surface area contributed by atoms with Crippen molar-refractivity contribution in [2.75, 3.05) is 11.9 Å². The fraction of sp³-hybridized carbons (Fsp3) is 0.591. The first kappa shape index (κ1) is 20.3. The van der Waals surface area contributed by atoms with E-state index >= 15 is 0 Å². The highest BCUT2D eigenvalue weighted by Gasteiger charge is 2.52. The van der Waals surface area contributed by atoms with Crippen LogP contribution >= 0.6 is 0 Å². The second kappa shape index (κ2) is 8.42. The molecule has 8 nitrogen and oxygen atoms in total. The predicted octanol–water partition coefficient (Wildman–Crippen LogP) is 3.43. The maximum absolute atomic E-state index is 13.0. The molecule has 0 bridgehead atoms. The zero-order valence-electron chi connectivity index (χ0n) is 17.3. The van der Waals surface area contributed by atoms with Crippen LogP contribution in [0.5, 0.6) is 0 Å². The molecule has 1 aliphatic heterocycles. The average molecular weight is 409 g/mol. The van der Waals surface area contributed by atoms with Gasteiger partial charge in [-0.2, -0.15) is 10.4 Å². The first-order chi connectivity index (χ1) is 14.5. The molecule has 2 unspecified atom stereocenters. The molecule has 1 aromatic carbocycles. The van der Waals surface area contributed by atoms with E-state index in [4.69, 9.17) is 0 Å². The molecular formula is C22H28N6O2. The molecule has 0 saturated heterocycles. The minimum absolute atomic E-state index is 0.101. The molecule has 158 valence electrons. The third-order valence-corrected chi connectivity index (χ3v) is 6.43. The fourth-order valence-corrected chi connectivity index (χ4v) is 4.54. The van der Waals surface area contributed by atoms with Gasteiger partial charge in [-0.05, 0) is 55.9 Å². The number of carbonyl (C=O) groups excluding carboxylic acids is 2. The van der Waals surface area contributed by atoms with E-state index < -0.39 is 5.54 Å². The topological polar surface area (TPSA) is 110 Å². The van der Waals surface area contributed by atoms with E-state index in [-0.39, 0.29) is 23.9 Å². The number of carbonyl (C=O) groups is 2. The SMILES string of the molecule is CC(=O)Nc1ccc(C(=O)NC(C2CCCCC2)C2CN(C3(C#N)CC3)N=N2)cc1. The van der Waals surface area contributed by atoms with Crippen LogP contribution in [0.25, 0.3) is 0 Å². The Morgan fingerprint density at radius 1 is 1.20 bits per heavy atom. The van der Waals surface area contributed by atoms with E-state index in [1.165, 1.54) is 13.3 Å². The molecule has 2 fully saturated rings. The number of nitrogens with one attached hydrogen (secondary N) is 2. The molecule has 4 rings (SSSR count). The zero-order valence-corrected chi connectivity index (χ0v) is 17.3. The average Bonchev–Trinajstić information content (AvgIpc) is 3.41. The normalized spacial score (nSPS) is 23.5. The van der Waals surface area contributed by atoms with Gasteiger partial charge in [-0.3, -0.25) is 14.6 Å². The summed E-state index contributed by atoms with van der Waals surface area (Å²) >= 11 is 0. The summed E-state index contributed by atoms with van der Waals surface area (Å²) in [6, 6.07) is 9.03. The summed E-state index contributed by atoms with van der Waals surface area (Å²) in [7, 11) is 0. The maximum atomic E-state index is 13.0. The van der Waals surface area contributed by atoms with Crippen LogP contribution in [0.1, 0.15) is 62.2 Å². The van der Waals surface area contributed by atoms with E-state index in [0.29, 0.717) is 23.7 Å². The Hall–Kier alpha value is -2.95. The summed E-state index contributed by atoms with van der Waals surface area (Å²) in [5, 5.41) is 26.0. The van der Waals surface area contributed by atoms with Gasteiger partial charge < -0.3 is 10.6 Å². The quantitative estimate of drug-likeness (QED) is 0.751. The summed E-state index contributed by atoms with van der Waals surface area (Å²) in [5.41, 5.74) is 0.723. The Morgan fingerprint density at radius 2 is 1.90 bits per heavy atom. The summed E-state index contributed by atoms with van der Waals surface area (Å²) in [5.74, 6) is 0.0732. The highest BCUT2D eigenvalue weighted by Crippen LogP contribution is 2.43. The van der Waals surface area contributed by atoms with Crippen LogP contribution in [0, 0.1) is 17.2 Å². The Bertz CT molecular complexity index is 865. The highest BCUT2D eigenvalue weighted by atomic mass is 16.2. The molecule has 2 amide bonds. The molecule has 30 heavy (non-hydrogen) atoms. The second-order valence-electron chi connectivity index (χ2n) is 8.65. The van der Waals surface area contributed by atoms with E-state index in [2.05, 4.69) is 27.0 Å². The van der Waals surface area contributed by atoms with Crippen molar-refractivity contribution in [1.29, 1.82) is 5.26 Å². The molecule has 8 heteroatoms. The molecule has 2 saturated carbocycles. The molecule has 0 radical (unpaired) electrons. The van der Waals surface area contributed by atoms with Crippen LogP contribution in [0.3, 0.4) is 0 Å². The zero-order chi connectivity index (χ0) is 21.1. The summed E-state index contributed by atoms with van der Waals surface area (Å²) in [6.45, 7) is 2.03. The molecule has 1 aromatic rings. The van der Waals surface area contributed by atoms with E-state index in [9.17, 15) is 14.9 Å². The van der Waals surface area contributed by atoms with Crippen LogP contribution in [0.2, 0.25) is 0 Å². The van der Waals surface area contributed by atoms with Crippen molar-refractivity contribution in [3.8, 4) is 6.07 Å². The van der Waals surface area contributed by atoms with Crippen molar-refractivity contribution in [2.24, 2.45) is 16.3 Å². The lowest BCUT2D eigenvalue weighted by Gasteiger charge is -2.33. The Morgan fingerprint density at radius 3 is 2.50 bits per heavy atom. The lowest BCUT2D eigenvalue weighted by atomic mass is 9.81. The largest absolute Gasteiger partial charge is 0.347 e. The van der Waals surface area contributed by atoms with Gasteiger partial charge in [-0.1, -0.05) is 24.5 Å². The third-order valence-electron chi connectivity index (χ3n) is 6.43. The molecule has 3 aliphatic rings. The smallest absolute Gasteiger partial charge is 0.251 e. The number of amides is 2. The van der Waals surface area contributed by atoms with Crippen LogP contribution in [0.15, 0.2) is 34.6 Å². The van der Waals surface area contributed by atoms with Crippen LogP contribution in [0.4, 0.5) is 5.69 Å². The van der Waals surface area contributed by atoms with Crippen molar-refractivity contribution in [3.63, 3.8) is 0 Å². The number of nitrogens with zero attached hydrogens (tertiary/aromatic N) is 4. The van der Waals surface area contributed by atoms with Crippen molar-refractivity contribution < 1.29 is 9.59 Å². The van der Waals surface area contributed by atoms with E-state index in [1.54, 1.807) is 24.3 Å². The van der Waals surface area contributed by atoms with Gasteiger partial charge >= 0.3 is 0 Å². The van der Waals surface area contributed by atoms with Gasteiger partial charge in [0.2, 0.25) is 5.91 Å². The maximum Gasteiger partial charge on any atom is 0.251 e. The first-order valence-corrected chi connectivity index (χ1v) is 10.8. The van der Waals surface area contributed by atoms with Crippen LogP contribution in [-0.4, -0.2) is 41.0 Å². The number of nitriles is 1. The van der Waals surface area contributed by atoms with Crippen molar-refractivity contribution in [3.05, 3.63) is 29.8 Å². The van der Waals surface area contributed by atoms with Crippen molar-refractivity contribution >= 4 is 17.5 Å². The summed E-state index contributed by atoms with van der Waals surface area (Å²) in [4.78, 5) is 24.2. The van der Waals surface area contributed by atoms with Gasteiger partial charge in [0.15, 0.2) is 0 Å². The fourth-order valence-electron chi connectivity index (χ4n) is 4.54. The van der Waals surface area contributed by atoms with Gasteiger partial charge in [0.25, 0.3) is 5.91 Å². The monoisotopic (exact) mass is 408 g/mol. The lowest BCUT2D eigenvalue weighted by Crippen LogP contribution is -2.50. The van der Waals surface area contributed by atoms with Gasteiger partial charge in [0.1, 0.15) is 11.6 Å². The minimum atomic E-state index is -0.487. The molecule has 1 heterocycles. The summed E-state index contributed by atoms with van der Waals surface area (Å²) < 4.78 is 0. The minimum Gasteiger partial charge on any atom is -0.347 e. The Kier molecular flexibility index (Phi) is 5.71. The van der Waals surface area contributed by atoms with Crippen molar-refractivity contribution in [2.45, 2.75) is 69.5 Å². The standard InChI is InChI=1S/C22H28N6O2/c1-15(29)24-18-9-7-17(8-10-18)21(30)25-20(16-5-3-2-4-6-16)19-13-28(27-26-19)22(14-23)11-12-22/h7-10,16,19-20H,2-6,11-13H2,1H3,(H,24,29)(H,25,30). The molecule has 0 spiro atoms. The molecule has 2 aliphatic carbocycles. The highest BCUT2D eigenvalue weighted by molar-refractivity contribution is 5.95. The van der Waals surface area contributed by atoms with Gasteiger partial charge in [0.05, 0.1) is 18.7 Å². The summed E-state index contributed by atoms with van der Waals surface area (Å²) in [6.07, 6.45) is 7.37. The van der Waals surface area contributed by atoms with E-state index in [1.807, 2.05) is 5.01 Å². The van der Waals surface area contributed by atoms with Crippen LogP contribution in [-0.2, 0) is 4.79 Å². The number of hydrogen-bond donors (Lipinski definition) is 2. The first-order valence-electron chi connectivity index (χ1n) is 10.8. The third kappa shape index (κ3) is 4.30. The lowest BCUT2D eigenvalue weighted by molar-refractivity contribution is -0.114.